The first-order valence-corrected chi connectivity index (χ1v) is 6.82. The Morgan fingerprint density at radius 3 is 2.09 bits per heavy atom. The third-order valence-corrected chi connectivity index (χ3v) is 4.20. The van der Waals surface area contributed by atoms with Gasteiger partial charge in [0.15, 0.2) is 11.4 Å². The van der Waals surface area contributed by atoms with Gasteiger partial charge >= 0.3 is 7.12 Å². The summed E-state index contributed by atoms with van der Waals surface area (Å²) >= 11 is 0. The highest BCUT2D eigenvalue weighted by Gasteiger charge is 2.54. The van der Waals surface area contributed by atoms with E-state index in [2.05, 4.69) is 14.7 Å². The molecule has 0 radical (unpaired) electrons. The van der Waals surface area contributed by atoms with Crippen molar-refractivity contribution in [1.82, 2.24) is 4.98 Å². The summed E-state index contributed by atoms with van der Waals surface area (Å²) in [4.78, 5) is 11.0. The molecule has 2 heterocycles. The number of fused-ring (bicyclic) bond motifs is 1. The van der Waals surface area contributed by atoms with Crippen molar-refractivity contribution in [2.24, 2.45) is 0 Å². The summed E-state index contributed by atoms with van der Waals surface area (Å²) in [7, 11) is -0.704. The van der Waals surface area contributed by atoms with E-state index in [9.17, 15) is 0 Å². The zero-order chi connectivity index (χ0) is 16.1. The van der Waals surface area contributed by atoms with Crippen molar-refractivity contribution >= 4 is 35.4 Å². The summed E-state index contributed by atoms with van der Waals surface area (Å²) in [6.07, 6.45) is 0. The topological polar surface area (TPSA) is 53.2 Å². The van der Waals surface area contributed by atoms with E-state index in [0.29, 0.717) is 16.9 Å². The predicted octanol–water partition coefficient (Wildman–Crippen LogP) is 3.23. The number of nitrogens with zero attached hydrogens (tertiary/aromatic N) is 3. The van der Waals surface area contributed by atoms with E-state index in [1.807, 2.05) is 27.7 Å². The molecule has 1 saturated heterocycles. The van der Waals surface area contributed by atoms with E-state index < -0.39 is 18.3 Å². The lowest BCUT2D eigenvalue weighted by Crippen LogP contribution is -2.41. The van der Waals surface area contributed by atoms with Crippen LogP contribution < -0.4 is 5.79 Å². The monoisotopic (exact) mass is 295 g/mol. The van der Waals surface area contributed by atoms with E-state index in [1.54, 1.807) is 6.07 Å². The second-order valence-electron chi connectivity index (χ2n) is 6.17. The van der Waals surface area contributed by atoms with E-state index >= 15 is 0 Å². The molecule has 0 bridgehead atoms. The SMILES string of the molecule is [C-]#[N+]c1cc2nc(B3OC(C)(C)C(C)(C)O3)oc2cc1[N+]#[C-]. The quantitative estimate of drug-likeness (QED) is 0.598. The van der Waals surface area contributed by atoms with E-state index in [-0.39, 0.29) is 11.4 Å². The van der Waals surface area contributed by atoms with Gasteiger partial charge in [0.2, 0.25) is 5.79 Å². The molecule has 1 aromatic heterocycles. The highest BCUT2D eigenvalue weighted by Crippen LogP contribution is 2.37. The van der Waals surface area contributed by atoms with Crippen molar-refractivity contribution in [2.75, 3.05) is 0 Å². The zero-order valence-corrected chi connectivity index (χ0v) is 12.8. The number of benzene rings is 1. The molecule has 0 saturated carbocycles. The molecule has 0 spiro atoms. The second-order valence-corrected chi connectivity index (χ2v) is 6.17. The van der Waals surface area contributed by atoms with Gasteiger partial charge in [0, 0.05) is 0 Å². The van der Waals surface area contributed by atoms with Crippen LogP contribution in [-0.2, 0) is 9.31 Å². The van der Waals surface area contributed by atoms with Crippen LogP contribution in [0.4, 0.5) is 11.4 Å². The average molecular weight is 295 g/mol. The van der Waals surface area contributed by atoms with Gasteiger partial charge in [0.05, 0.1) is 29.9 Å². The van der Waals surface area contributed by atoms with Gasteiger partial charge < -0.3 is 13.7 Å². The van der Waals surface area contributed by atoms with Gasteiger partial charge in [-0.1, -0.05) is 0 Å². The predicted molar refractivity (Wildman–Crippen MR) is 82.2 cm³/mol. The standard InChI is InChI=1S/C15H14BN3O3/c1-14(2)15(3,4)22-16(21-14)13-19-11-7-9(17-5)10(18-6)8-12(11)20-13/h7-8H,1-4H3. The molecule has 0 aliphatic carbocycles. The van der Waals surface area contributed by atoms with Gasteiger partial charge in [-0.2, -0.15) is 0 Å². The van der Waals surface area contributed by atoms with Crippen molar-refractivity contribution in [2.45, 2.75) is 38.9 Å². The third-order valence-electron chi connectivity index (χ3n) is 4.20. The Bertz CT molecular complexity index is 775. The Hall–Kier alpha value is -2.35. The van der Waals surface area contributed by atoms with Crippen molar-refractivity contribution in [3.63, 3.8) is 0 Å². The number of hydrogen-bond acceptors (Lipinski definition) is 4. The molecule has 0 N–H and O–H groups in total. The summed E-state index contributed by atoms with van der Waals surface area (Å²) in [5.74, 6) is 0.298. The highest BCUT2D eigenvalue weighted by molar-refractivity contribution is 6.59. The van der Waals surface area contributed by atoms with E-state index in [1.165, 1.54) is 6.07 Å². The minimum atomic E-state index is -0.704. The molecule has 0 amide bonds. The van der Waals surface area contributed by atoms with Crippen LogP contribution in [0, 0.1) is 13.1 Å². The zero-order valence-electron chi connectivity index (χ0n) is 12.8. The van der Waals surface area contributed by atoms with Crippen LogP contribution >= 0.6 is 0 Å². The highest BCUT2D eigenvalue weighted by atomic mass is 16.7. The molecular formula is C15H14BN3O3. The largest absolute Gasteiger partial charge is 0.554 e. The molecule has 2 aromatic rings. The second kappa shape index (κ2) is 4.57. The molecule has 1 aromatic carbocycles. The maximum atomic E-state index is 7.11. The smallest absolute Gasteiger partial charge is 0.445 e. The van der Waals surface area contributed by atoms with Gasteiger partial charge in [-0.05, 0) is 39.8 Å². The molecule has 0 atom stereocenters. The minimum Gasteiger partial charge on any atom is -0.445 e. The molecular weight excluding hydrogens is 281 g/mol. The summed E-state index contributed by atoms with van der Waals surface area (Å²) in [6, 6.07) is 3.07. The molecule has 6 nitrogen and oxygen atoms in total. The Balaban J connectivity index is 2.04. The van der Waals surface area contributed by atoms with Crippen molar-refractivity contribution < 1.29 is 13.7 Å². The number of hydrogen-bond donors (Lipinski definition) is 0. The van der Waals surface area contributed by atoms with Crippen LogP contribution in [-0.4, -0.2) is 23.3 Å². The lowest BCUT2D eigenvalue weighted by molar-refractivity contribution is 0.00578. The lowest BCUT2D eigenvalue weighted by Gasteiger charge is -2.32. The lowest BCUT2D eigenvalue weighted by atomic mass is 9.90. The third kappa shape index (κ3) is 2.07. The maximum Gasteiger partial charge on any atom is 0.554 e. The van der Waals surface area contributed by atoms with Crippen molar-refractivity contribution in [1.29, 1.82) is 0 Å². The van der Waals surface area contributed by atoms with Gasteiger partial charge in [-0.3, -0.25) is 4.85 Å². The molecule has 0 unspecified atom stereocenters. The molecule has 22 heavy (non-hydrogen) atoms. The van der Waals surface area contributed by atoms with Gasteiger partial charge in [-0.15, -0.1) is 0 Å². The van der Waals surface area contributed by atoms with Crippen LogP contribution in [0.3, 0.4) is 0 Å². The Labute approximate surface area is 128 Å². The van der Waals surface area contributed by atoms with E-state index in [0.717, 1.165) is 0 Å². The molecule has 1 aliphatic heterocycles. The summed E-state index contributed by atoms with van der Waals surface area (Å²) in [5.41, 5.74) is 0.505. The number of aromatic nitrogens is 1. The van der Waals surface area contributed by atoms with Gasteiger partial charge in [-0.25, -0.2) is 9.83 Å². The summed E-state index contributed by atoms with van der Waals surface area (Å²) in [6.45, 7) is 22.0. The molecule has 110 valence electrons. The summed E-state index contributed by atoms with van der Waals surface area (Å²) in [5, 5.41) is 0. The first kappa shape index (κ1) is 14.6. The normalized spacial score (nSPS) is 19.1. The van der Waals surface area contributed by atoms with Crippen molar-refractivity contribution in [3.8, 4) is 0 Å². The fourth-order valence-electron chi connectivity index (χ4n) is 2.19. The number of oxazole rings is 1. The van der Waals surface area contributed by atoms with E-state index in [4.69, 9.17) is 26.9 Å². The van der Waals surface area contributed by atoms with Crippen LogP contribution in [0.5, 0.6) is 0 Å². The van der Waals surface area contributed by atoms with Crippen LogP contribution in [0.15, 0.2) is 16.5 Å². The molecule has 1 aliphatic rings. The van der Waals surface area contributed by atoms with Gasteiger partial charge in [0.25, 0.3) is 0 Å². The fraction of sp³-hybridized carbons (Fsp3) is 0.400. The number of rotatable bonds is 1. The molecule has 3 rings (SSSR count). The first-order chi connectivity index (χ1) is 10.3. The summed E-state index contributed by atoms with van der Waals surface area (Å²) < 4.78 is 17.5. The fourth-order valence-corrected chi connectivity index (χ4v) is 2.19. The Morgan fingerprint density at radius 2 is 1.55 bits per heavy atom. The van der Waals surface area contributed by atoms with Crippen LogP contribution in [0.1, 0.15) is 27.7 Å². The molecule has 7 heteroatoms. The van der Waals surface area contributed by atoms with Gasteiger partial charge in [0.1, 0.15) is 5.58 Å². The average Bonchev–Trinajstić information content (AvgIpc) is 2.95. The first-order valence-electron chi connectivity index (χ1n) is 6.82. The maximum absolute atomic E-state index is 7.11. The molecule has 1 fully saturated rings. The van der Waals surface area contributed by atoms with Crippen LogP contribution in [0.25, 0.3) is 20.8 Å². The Kier molecular flexibility index (Phi) is 3.03. The minimum absolute atomic E-state index is 0.249. The van der Waals surface area contributed by atoms with Crippen LogP contribution in [0.2, 0.25) is 0 Å². The van der Waals surface area contributed by atoms with Crippen molar-refractivity contribution in [3.05, 3.63) is 35.0 Å². The Morgan fingerprint density at radius 1 is 1.00 bits per heavy atom.